The Morgan fingerprint density at radius 3 is 1.86 bits per heavy atom. The number of alkyl halides is 6. The Bertz CT molecular complexity index is 1170. The molecule has 0 spiro atoms. The van der Waals surface area contributed by atoms with Crippen molar-refractivity contribution in [1.82, 2.24) is 0 Å². The highest BCUT2D eigenvalue weighted by Gasteiger charge is 2.37. The maximum absolute atomic E-state index is 13.2. The van der Waals surface area contributed by atoms with E-state index in [0.717, 1.165) is 6.07 Å². The molecule has 0 aliphatic heterocycles. The molecule has 9 heteroatoms. The molecule has 0 saturated carbocycles. The van der Waals surface area contributed by atoms with Crippen molar-refractivity contribution < 1.29 is 26.3 Å². The lowest BCUT2D eigenvalue weighted by Gasteiger charge is -2.15. The van der Waals surface area contributed by atoms with Gasteiger partial charge >= 0.3 is 12.4 Å². The van der Waals surface area contributed by atoms with E-state index in [4.69, 9.17) is 17.1 Å². The van der Waals surface area contributed by atoms with Gasteiger partial charge in [0.2, 0.25) is 0 Å². The van der Waals surface area contributed by atoms with Crippen LogP contribution in [0.5, 0.6) is 0 Å². The predicted molar refractivity (Wildman–Crippen MR) is 91.5 cm³/mol. The molecule has 146 valence electrons. The summed E-state index contributed by atoms with van der Waals surface area (Å²) in [6.07, 6.45) is -10.1. The molecule has 29 heavy (non-hydrogen) atoms. The third-order valence-electron chi connectivity index (χ3n) is 3.98. The second-order valence-electron chi connectivity index (χ2n) is 5.86. The van der Waals surface area contributed by atoms with Gasteiger partial charge in [-0.3, -0.25) is 0 Å². The van der Waals surface area contributed by atoms with Gasteiger partial charge in [0.15, 0.2) is 0 Å². The van der Waals surface area contributed by atoms with Crippen molar-refractivity contribution in [3.63, 3.8) is 0 Å². The van der Waals surface area contributed by atoms with Crippen LogP contribution in [0.25, 0.3) is 27.2 Å². The number of rotatable bonds is 1. The molecule has 0 saturated heterocycles. The van der Waals surface area contributed by atoms with E-state index in [-0.39, 0.29) is 27.6 Å². The summed E-state index contributed by atoms with van der Waals surface area (Å²) in [6, 6.07) is 8.18. The Kier molecular flexibility index (Phi) is 5.71. The Morgan fingerprint density at radius 2 is 1.45 bits per heavy atom. The highest BCUT2D eigenvalue weighted by atomic mass is 19.4. The molecule has 2 aromatic rings. The fraction of sp³-hybridized carbons (Fsp3) is 0.150. The SMILES string of the molecule is [C-]#[N+]/C(C#N)=c1\cc/c(=C(\C)C#N)c(-c2cc(C(F)(F)F)cc(C(F)(F)F)c2)c1. The number of hydrogen-bond acceptors (Lipinski definition) is 2. The monoisotopic (exact) mass is 405 g/mol. The van der Waals surface area contributed by atoms with Crippen LogP contribution in [0, 0.1) is 29.2 Å². The largest absolute Gasteiger partial charge is 0.416 e. The molecule has 3 nitrogen and oxygen atoms in total. The predicted octanol–water partition coefficient (Wildman–Crippen LogP) is 4.64. The molecular weight excluding hydrogens is 396 g/mol. The van der Waals surface area contributed by atoms with E-state index in [1.165, 1.54) is 19.1 Å². The van der Waals surface area contributed by atoms with Crippen molar-refractivity contribution in [2.45, 2.75) is 19.3 Å². The fourth-order valence-electron chi connectivity index (χ4n) is 2.58. The van der Waals surface area contributed by atoms with E-state index in [2.05, 4.69) is 4.85 Å². The normalized spacial score (nSPS) is 13.7. The van der Waals surface area contributed by atoms with Gasteiger partial charge in [0.05, 0.1) is 29.8 Å². The molecule has 2 aromatic carbocycles. The van der Waals surface area contributed by atoms with Crippen LogP contribution < -0.4 is 10.4 Å². The van der Waals surface area contributed by atoms with Crippen LogP contribution >= 0.6 is 0 Å². The summed E-state index contributed by atoms with van der Waals surface area (Å²) in [7, 11) is 0. The highest BCUT2D eigenvalue weighted by Crippen LogP contribution is 2.38. The van der Waals surface area contributed by atoms with Crippen LogP contribution in [0.3, 0.4) is 0 Å². The molecule has 0 fully saturated rings. The summed E-state index contributed by atoms with van der Waals surface area (Å²) in [5.74, 6) is 0. The first kappa shape index (κ1) is 21.5. The first-order valence-corrected chi connectivity index (χ1v) is 7.75. The zero-order valence-electron chi connectivity index (χ0n) is 14.6. The van der Waals surface area contributed by atoms with Crippen LogP contribution in [0.1, 0.15) is 18.1 Å². The minimum absolute atomic E-state index is 0.000141. The van der Waals surface area contributed by atoms with Gasteiger partial charge in [-0.25, -0.2) is 10.1 Å². The number of benzene rings is 2. The van der Waals surface area contributed by atoms with Gasteiger partial charge < -0.3 is 0 Å². The second kappa shape index (κ2) is 7.69. The van der Waals surface area contributed by atoms with Gasteiger partial charge in [-0.1, -0.05) is 18.2 Å². The van der Waals surface area contributed by atoms with Crippen molar-refractivity contribution in [2.24, 2.45) is 0 Å². The summed E-state index contributed by atoms with van der Waals surface area (Å²) in [4.78, 5) is 2.99. The van der Waals surface area contributed by atoms with E-state index in [0.29, 0.717) is 12.1 Å². The molecule has 0 aromatic heterocycles. The summed E-state index contributed by atoms with van der Waals surface area (Å²) < 4.78 is 79.1. The van der Waals surface area contributed by atoms with Gasteiger partial charge in [-0.05, 0) is 46.7 Å². The lowest BCUT2D eigenvalue weighted by atomic mass is 9.95. The van der Waals surface area contributed by atoms with Crippen LogP contribution in [-0.4, -0.2) is 0 Å². The van der Waals surface area contributed by atoms with Crippen molar-refractivity contribution in [2.75, 3.05) is 0 Å². The zero-order valence-corrected chi connectivity index (χ0v) is 14.6. The number of nitrogens with zero attached hydrogens (tertiary/aromatic N) is 3. The standard InChI is InChI=1S/C20H9F6N3/c1-11(9-27)16-4-3-12(18(10-28)29-2)7-17(16)13-5-14(19(21,22)23)8-15(6-13)20(24,25)26/h3-8H,1H3/b16-11-,18-12+. The van der Waals surface area contributed by atoms with Gasteiger partial charge in [0.25, 0.3) is 5.70 Å². The smallest absolute Gasteiger partial charge is 0.226 e. The summed E-state index contributed by atoms with van der Waals surface area (Å²) in [5.41, 5.74) is -3.95. The lowest BCUT2D eigenvalue weighted by Crippen LogP contribution is -2.17. The quantitative estimate of drug-likeness (QED) is 0.513. The molecule has 0 N–H and O–H groups in total. The molecule has 0 atom stereocenters. The zero-order chi connectivity index (χ0) is 22.0. The molecule has 0 heterocycles. The van der Waals surface area contributed by atoms with E-state index in [1.807, 2.05) is 0 Å². The van der Waals surface area contributed by atoms with E-state index in [9.17, 15) is 26.3 Å². The van der Waals surface area contributed by atoms with Crippen molar-refractivity contribution in [3.05, 3.63) is 69.4 Å². The average molecular weight is 405 g/mol. The van der Waals surface area contributed by atoms with Gasteiger partial charge in [0.1, 0.15) is 0 Å². The highest BCUT2D eigenvalue weighted by molar-refractivity contribution is 5.74. The van der Waals surface area contributed by atoms with Crippen LogP contribution in [0.15, 0.2) is 36.4 Å². The van der Waals surface area contributed by atoms with E-state index in [1.54, 1.807) is 12.1 Å². The fourth-order valence-corrected chi connectivity index (χ4v) is 2.58. The third-order valence-corrected chi connectivity index (χ3v) is 3.98. The number of hydrogen-bond donors (Lipinski definition) is 0. The molecule has 0 amide bonds. The number of halogens is 6. The molecule has 0 bridgehead atoms. The minimum Gasteiger partial charge on any atom is -0.226 e. The van der Waals surface area contributed by atoms with Crippen molar-refractivity contribution >= 4 is 11.3 Å². The average Bonchev–Trinajstić information content (AvgIpc) is 2.66. The summed E-state index contributed by atoms with van der Waals surface area (Å²) in [6.45, 7) is 8.34. The Balaban J connectivity index is 3.07. The topological polar surface area (TPSA) is 51.9 Å². The van der Waals surface area contributed by atoms with Gasteiger partial charge in [0, 0.05) is 5.57 Å². The van der Waals surface area contributed by atoms with Gasteiger partial charge in [-0.15, -0.1) is 0 Å². The molecule has 0 aliphatic carbocycles. The lowest BCUT2D eigenvalue weighted by molar-refractivity contribution is -0.143. The maximum atomic E-state index is 13.2. The van der Waals surface area contributed by atoms with Crippen molar-refractivity contribution in [3.8, 4) is 23.3 Å². The Labute approximate surface area is 160 Å². The number of nitriles is 2. The van der Waals surface area contributed by atoms with E-state index >= 15 is 0 Å². The molecule has 0 aliphatic rings. The second-order valence-corrected chi connectivity index (χ2v) is 5.86. The first-order chi connectivity index (χ1) is 13.4. The van der Waals surface area contributed by atoms with Crippen LogP contribution in [-0.2, 0) is 12.4 Å². The van der Waals surface area contributed by atoms with Gasteiger partial charge in [-0.2, -0.15) is 31.6 Å². The molecule has 0 unspecified atom stereocenters. The maximum Gasteiger partial charge on any atom is 0.416 e. The summed E-state index contributed by atoms with van der Waals surface area (Å²) >= 11 is 0. The summed E-state index contributed by atoms with van der Waals surface area (Å²) in [5, 5.41) is 18.3. The Morgan fingerprint density at radius 1 is 0.897 bits per heavy atom. The van der Waals surface area contributed by atoms with Crippen molar-refractivity contribution in [1.29, 1.82) is 10.5 Å². The van der Waals surface area contributed by atoms with Crippen LogP contribution in [0.4, 0.5) is 26.3 Å². The van der Waals surface area contributed by atoms with Crippen LogP contribution in [0.2, 0.25) is 0 Å². The van der Waals surface area contributed by atoms with E-state index < -0.39 is 34.7 Å². The molecule has 0 radical (unpaired) electrons. The first-order valence-electron chi connectivity index (χ1n) is 7.75. The Hall–Kier alpha value is -3.77. The minimum atomic E-state index is -5.04. The third kappa shape index (κ3) is 4.56. The molecule has 2 rings (SSSR count). The molecular formula is C20H9F6N3.